The third kappa shape index (κ3) is 6.19. The van der Waals surface area contributed by atoms with Crippen molar-refractivity contribution in [1.29, 1.82) is 0 Å². The number of rotatable bonds is 7. The zero-order valence-corrected chi connectivity index (χ0v) is 18.8. The summed E-state index contributed by atoms with van der Waals surface area (Å²) in [7, 11) is -3.28. The summed E-state index contributed by atoms with van der Waals surface area (Å²) < 4.78 is 31.1. The first-order chi connectivity index (χ1) is 13.4. The molecule has 1 aromatic rings. The molecule has 1 heterocycles. The fourth-order valence-electron chi connectivity index (χ4n) is 3.25. The molecule has 0 aromatic heterocycles. The highest BCUT2D eigenvalue weighted by molar-refractivity contribution is 7.93. The number of aryl methyl sites for hydroxylation is 1. The van der Waals surface area contributed by atoms with Crippen molar-refractivity contribution in [2.45, 2.75) is 71.9 Å². The Morgan fingerprint density at radius 3 is 2.48 bits per heavy atom. The first-order valence-corrected chi connectivity index (χ1v) is 11.7. The molecule has 1 atom stereocenters. The van der Waals surface area contributed by atoms with Crippen molar-refractivity contribution in [3.63, 3.8) is 0 Å². The van der Waals surface area contributed by atoms with Gasteiger partial charge in [-0.05, 0) is 64.3 Å². The summed E-state index contributed by atoms with van der Waals surface area (Å²) in [5.74, 6) is -0.675. The van der Waals surface area contributed by atoms with E-state index in [1.165, 1.54) is 4.31 Å². The lowest BCUT2D eigenvalue weighted by Gasteiger charge is -2.25. The van der Waals surface area contributed by atoms with Gasteiger partial charge in [0.1, 0.15) is 11.6 Å². The van der Waals surface area contributed by atoms with E-state index in [1.807, 2.05) is 6.92 Å². The summed E-state index contributed by atoms with van der Waals surface area (Å²) in [4.78, 5) is 25.3. The molecule has 162 valence electrons. The first-order valence-electron chi connectivity index (χ1n) is 10.1. The molecule has 0 aliphatic carbocycles. The molecule has 1 unspecified atom stereocenters. The van der Waals surface area contributed by atoms with Gasteiger partial charge in [0.15, 0.2) is 0 Å². The maximum atomic E-state index is 12.8. The molecular formula is C21H32N2O5S. The molecular weight excluding hydrogens is 392 g/mol. The van der Waals surface area contributed by atoms with E-state index >= 15 is 0 Å². The van der Waals surface area contributed by atoms with Crippen LogP contribution in [0.2, 0.25) is 0 Å². The van der Waals surface area contributed by atoms with Crippen molar-refractivity contribution >= 4 is 27.6 Å². The minimum absolute atomic E-state index is 0.142. The number of nitrogens with one attached hydrogen (secondary N) is 1. The average Bonchev–Trinajstić information content (AvgIpc) is 2.95. The van der Waals surface area contributed by atoms with Gasteiger partial charge in [0.2, 0.25) is 10.0 Å². The van der Waals surface area contributed by atoms with E-state index in [-0.39, 0.29) is 11.7 Å². The predicted molar refractivity (Wildman–Crippen MR) is 114 cm³/mol. The summed E-state index contributed by atoms with van der Waals surface area (Å²) in [6, 6.07) is 4.23. The molecule has 8 heteroatoms. The number of nitrogens with zero attached hydrogens (tertiary/aromatic N) is 1. The number of amides is 1. The van der Waals surface area contributed by atoms with Crippen LogP contribution in [0.5, 0.6) is 0 Å². The van der Waals surface area contributed by atoms with Crippen molar-refractivity contribution in [3.05, 3.63) is 29.3 Å². The van der Waals surface area contributed by atoms with Gasteiger partial charge < -0.3 is 10.1 Å². The molecule has 1 aliphatic heterocycles. The fourth-order valence-corrected chi connectivity index (χ4v) is 4.81. The number of carbonyl (C=O) groups excluding carboxylic acids is 2. The molecule has 1 aromatic carbocycles. The van der Waals surface area contributed by atoms with Crippen LogP contribution < -0.4 is 9.62 Å². The topological polar surface area (TPSA) is 92.8 Å². The largest absolute Gasteiger partial charge is 0.458 e. The number of sulfonamides is 1. The molecule has 7 nitrogen and oxygen atoms in total. The minimum Gasteiger partial charge on any atom is -0.458 e. The molecule has 0 saturated carbocycles. The van der Waals surface area contributed by atoms with Crippen LogP contribution in [0, 0.1) is 6.92 Å². The van der Waals surface area contributed by atoms with Crippen molar-refractivity contribution < 1.29 is 22.7 Å². The highest BCUT2D eigenvalue weighted by Crippen LogP contribution is 2.26. The van der Waals surface area contributed by atoms with Gasteiger partial charge in [-0.15, -0.1) is 0 Å². The number of anilines is 1. The second-order valence-corrected chi connectivity index (χ2v) is 10.5. The van der Waals surface area contributed by atoms with Crippen LogP contribution in [0.3, 0.4) is 0 Å². The molecule has 1 fully saturated rings. The van der Waals surface area contributed by atoms with E-state index in [0.717, 1.165) is 12.8 Å². The lowest BCUT2D eigenvalue weighted by molar-refractivity contribution is -0.157. The van der Waals surface area contributed by atoms with Crippen LogP contribution in [0.15, 0.2) is 18.2 Å². The highest BCUT2D eigenvalue weighted by Gasteiger charge is 2.30. The van der Waals surface area contributed by atoms with Gasteiger partial charge in [0.05, 0.1) is 11.4 Å². The van der Waals surface area contributed by atoms with Crippen LogP contribution >= 0.6 is 0 Å². The van der Waals surface area contributed by atoms with Crippen LogP contribution in [0.25, 0.3) is 0 Å². The summed E-state index contributed by atoms with van der Waals surface area (Å²) >= 11 is 0. The van der Waals surface area contributed by atoms with Crippen molar-refractivity contribution in [3.8, 4) is 0 Å². The van der Waals surface area contributed by atoms with Crippen LogP contribution in [0.4, 0.5) is 5.69 Å². The Hall–Kier alpha value is -2.09. The van der Waals surface area contributed by atoms with Gasteiger partial charge in [0, 0.05) is 12.1 Å². The average molecular weight is 425 g/mol. The second kappa shape index (κ2) is 9.15. The molecule has 0 radical (unpaired) electrons. The lowest BCUT2D eigenvalue weighted by Crippen LogP contribution is -2.44. The van der Waals surface area contributed by atoms with Gasteiger partial charge >= 0.3 is 5.97 Å². The molecule has 1 saturated heterocycles. The molecule has 1 aliphatic rings. The molecule has 29 heavy (non-hydrogen) atoms. The van der Waals surface area contributed by atoms with Crippen LogP contribution in [-0.4, -0.2) is 44.2 Å². The lowest BCUT2D eigenvalue weighted by atomic mass is 10.0. The molecule has 0 bridgehead atoms. The van der Waals surface area contributed by atoms with E-state index in [0.29, 0.717) is 36.2 Å². The number of ether oxygens (including phenoxy) is 1. The van der Waals surface area contributed by atoms with Crippen LogP contribution in [-0.2, 0) is 19.6 Å². The highest BCUT2D eigenvalue weighted by atomic mass is 32.2. The van der Waals surface area contributed by atoms with Crippen LogP contribution in [0.1, 0.15) is 69.3 Å². The van der Waals surface area contributed by atoms with Gasteiger partial charge in [-0.2, -0.15) is 0 Å². The van der Waals surface area contributed by atoms with Gasteiger partial charge in [-0.1, -0.05) is 19.8 Å². The first kappa shape index (κ1) is 23.2. The van der Waals surface area contributed by atoms with Gasteiger partial charge in [0.25, 0.3) is 5.91 Å². The monoisotopic (exact) mass is 424 g/mol. The summed E-state index contributed by atoms with van der Waals surface area (Å²) in [5.41, 5.74) is 0.993. The number of esters is 1. The smallest absolute Gasteiger partial charge is 0.329 e. The normalized spacial score (nSPS) is 17.1. The zero-order valence-electron chi connectivity index (χ0n) is 17.9. The number of unbranched alkanes of at least 4 members (excludes halogenated alkanes) is 1. The van der Waals surface area contributed by atoms with E-state index in [2.05, 4.69) is 5.32 Å². The number of hydrogen-bond acceptors (Lipinski definition) is 5. The standard InChI is InChI=1S/C21H32N2O5S/c1-6-7-9-18(20(25)28-21(3,4)5)22-19(24)17-11-10-16(14-15(17)2)23-12-8-13-29(23,26)27/h10-11,14,18H,6-9,12-13H2,1-5H3,(H,22,24). The summed E-state index contributed by atoms with van der Waals surface area (Å²) in [6.45, 7) is 9.60. The number of carbonyl (C=O) groups is 2. The Bertz CT molecular complexity index is 858. The number of benzene rings is 1. The van der Waals surface area contributed by atoms with Gasteiger partial charge in [-0.25, -0.2) is 13.2 Å². The Balaban J connectivity index is 2.17. The molecule has 0 spiro atoms. The maximum Gasteiger partial charge on any atom is 0.329 e. The Labute approximate surface area is 173 Å². The Kier molecular flexibility index (Phi) is 7.32. The predicted octanol–water partition coefficient (Wildman–Crippen LogP) is 3.17. The van der Waals surface area contributed by atoms with E-state index < -0.39 is 27.6 Å². The third-order valence-electron chi connectivity index (χ3n) is 4.68. The number of hydrogen-bond donors (Lipinski definition) is 1. The Morgan fingerprint density at radius 2 is 1.97 bits per heavy atom. The molecule has 1 N–H and O–H groups in total. The molecule has 1 amide bonds. The van der Waals surface area contributed by atoms with Gasteiger partial charge in [-0.3, -0.25) is 9.10 Å². The summed E-state index contributed by atoms with van der Waals surface area (Å²) in [5, 5.41) is 2.79. The second-order valence-electron chi connectivity index (χ2n) is 8.44. The summed E-state index contributed by atoms with van der Waals surface area (Å²) in [6.07, 6.45) is 2.78. The fraction of sp³-hybridized carbons (Fsp3) is 0.619. The Morgan fingerprint density at radius 1 is 1.28 bits per heavy atom. The maximum absolute atomic E-state index is 12.8. The SMILES string of the molecule is CCCCC(NC(=O)c1ccc(N2CCCS2(=O)=O)cc1C)C(=O)OC(C)(C)C. The minimum atomic E-state index is -3.28. The van der Waals surface area contributed by atoms with Crippen molar-refractivity contribution in [2.75, 3.05) is 16.6 Å². The third-order valence-corrected chi connectivity index (χ3v) is 6.55. The zero-order chi connectivity index (χ0) is 21.8. The van der Waals surface area contributed by atoms with Crippen molar-refractivity contribution in [2.24, 2.45) is 0 Å². The van der Waals surface area contributed by atoms with E-state index in [1.54, 1.807) is 45.9 Å². The van der Waals surface area contributed by atoms with Crippen molar-refractivity contribution in [1.82, 2.24) is 5.32 Å². The molecule has 2 rings (SSSR count). The quantitative estimate of drug-likeness (QED) is 0.679. The van der Waals surface area contributed by atoms with E-state index in [9.17, 15) is 18.0 Å². The van der Waals surface area contributed by atoms with E-state index in [4.69, 9.17) is 4.74 Å².